The number of para-hydroxylation sites is 5. The summed E-state index contributed by atoms with van der Waals surface area (Å²) in [4.78, 5) is 5.12. The molecule has 4 nitrogen and oxygen atoms in total. The van der Waals surface area contributed by atoms with Crippen LogP contribution in [0.2, 0.25) is 0 Å². The Morgan fingerprint density at radius 1 is 0.397 bits per heavy atom. The first-order valence-electron chi connectivity index (χ1n) is 24.2. The molecule has 331 valence electrons. The molecule has 4 heteroatoms. The predicted octanol–water partition coefficient (Wildman–Crippen LogP) is 17.3. The van der Waals surface area contributed by atoms with Gasteiger partial charge in [-0.25, -0.2) is 0 Å². The highest BCUT2D eigenvalue weighted by molar-refractivity contribution is 6.12. The zero-order valence-electron chi connectivity index (χ0n) is 39.7. The summed E-state index contributed by atoms with van der Waals surface area (Å²) in [6, 6.07) is 79.7. The van der Waals surface area contributed by atoms with E-state index in [9.17, 15) is 0 Å². The van der Waals surface area contributed by atoms with Gasteiger partial charge in [-0.15, -0.1) is 0 Å². The van der Waals surface area contributed by atoms with Gasteiger partial charge in [-0.1, -0.05) is 155 Å². The van der Waals surface area contributed by atoms with E-state index in [1.54, 1.807) is 0 Å². The molecule has 11 aromatic rings. The molecule has 1 radical (unpaired) electrons. The highest BCUT2D eigenvalue weighted by Gasteiger charge is 2.47. The van der Waals surface area contributed by atoms with Crippen LogP contribution in [0.25, 0.3) is 55.0 Å². The summed E-state index contributed by atoms with van der Waals surface area (Å²) >= 11 is 0. The Kier molecular flexibility index (Phi) is 9.91. The summed E-state index contributed by atoms with van der Waals surface area (Å²) in [5.41, 5.74) is 18.0. The van der Waals surface area contributed by atoms with E-state index in [0.717, 1.165) is 28.4 Å². The SMILES string of the molecule is CC(C)c1cccc(C(C)C)c1N1[C](c2ccc(N(c3ccc4c(c3)c3ccccc3n4-c3ccccc3)c3ccc4c(c3)c3ccccc3n4-c3ccccc3)cc2)c2ccccc2C1(C)C. The minimum Gasteiger partial charge on any atom is -0.345 e. The van der Waals surface area contributed by atoms with E-state index in [-0.39, 0.29) is 5.54 Å². The third-order valence-corrected chi connectivity index (χ3v) is 14.4. The summed E-state index contributed by atoms with van der Waals surface area (Å²) in [5, 5.41) is 4.88. The van der Waals surface area contributed by atoms with Gasteiger partial charge in [0.1, 0.15) is 6.04 Å². The van der Waals surface area contributed by atoms with Crippen LogP contribution in [0.5, 0.6) is 0 Å². The van der Waals surface area contributed by atoms with Gasteiger partial charge in [0.25, 0.3) is 0 Å². The predicted molar refractivity (Wildman–Crippen MR) is 288 cm³/mol. The summed E-state index contributed by atoms with van der Waals surface area (Å²) in [6.07, 6.45) is 0. The first-order valence-corrected chi connectivity index (χ1v) is 24.2. The lowest BCUT2D eigenvalue weighted by molar-refractivity contribution is 0.529. The van der Waals surface area contributed by atoms with Crippen LogP contribution < -0.4 is 9.80 Å². The standard InChI is InChI=1S/C64H55N4/c1-42(2)50-27-19-28-51(43(3)4)63(50)68-62(54-26-13-16-29-57(54)64(68,5)6)44-32-34-47(35-33-44)65(48-36-38-60-55(40-48)52-24-14-17-30-58(52)66(60)45-20-9-7-10-21-45)49-37-39-61-56(41-49)53-25-15-18-31-59(53)67(61)46-22-11-8-12-23-46/h7-43H,1-6H3. The van der Waals surface area contributed by atoms with Crippen molar-refractivity contribution in [2.75, 3.05) is 9.80 Å². The van der Waals surface area contributed by atoms with E-state index in [1.165, 1.54) is 83.2 Å². The smallest absolute Gasteiger partial charge is 0.124 e. The molecule has 9 aromatic carbocycles. The third-order valence-electron chi connectivity index (χ3n) is 14.4. The Bertz CT molecular complexity index is 3480. The lowest BCUT2D eigenvalue weighted by Crippen LogP contribution is -2.40. The van der Waals surface area contributed by atoms with E-state index in [0.29, 0.717) is 11.8 Å². The van der Waals surface area contributed by atoms with Gasteiger partial charge < -0.3 is 18.9 Å². The van der Waals surface area contributed by atoms with Crippen molar-refractivity contribution in [2.45, 2.75) is 58.9 Å². The van der Waals surface area contributed by atoms with E-state index >= 15 is 0 Å². The van der Waals surface area contributed by atoms with Gasteiger partial charge in [0.05, 0.1) is 27.6 Å². The van der Waals surface area contributed by atoms with Gasteiger partial charge in [0, 0.05) is 55.7 Å². The number of aromatic nitrogens is 2. The molecule has 1 aliphatic rings. The normalized spacial score (nSPS) is 13.7. The fourth-order valence-corrected chi connectivity index (χ4v) is 11.3. The van der Waals surface area contributed by atoms with Crippen molar-refractivity contribution in [3.8, 4) is 11.4 Å². The molecule has 12 rings (SSSR count). The van der Waals surface area contributed by atoms with E-state index in [2.05, 4.69) is 273 Å². The molecule has 0 saturated carbocycles. The molecule has 3 heterocycles. The molecule has 2 aromatic heterocycles. The maximum atomic E-state index is 2.67. The van der Waals surface area contributed by atoms with Gasteiger partial charge in [0.2, 0.25) is 0 Å². The van der Waals surface area contributed by atoms with Gasteiger partial charge in [0.15, 0.2) is 0 Å². The number of anilines is 4. The van der Waals surface area contributed by atoms with Crippen LogP contribution >= 0.6 is 0 Å². The molecule has 0 unspecified atom stereocenters. The molecule has 0 saturated heterocycles. The average Bonchev–Trinajstić information content (AvgIpc) is 3.97. The summed E-state index contributed by atoms with van der Waals surface area (Å²) in [6.45, 7) is 14.1. The quantitative estimate of drug-likeness (QED) is 0.144. The van der Waals surface area contributed by atoms with Crippen LogP contribution in [0.1, 0.15) is 81.2 Å². The van der Waals surface area contributed by atoms with Gasteiger partial charge in [-0.05, 0) is 138 Å². The summed E-state index contributed by atoms with van der Waals surface area (Å²) < 4.78 is 4.79. The van der Waals surface area contributed by atoms with Crippen LogP contribution in [0, 0.1) is 6.04 Å². The summed E-state index contributed by atoms with van der Waals surface area (Å²) in [5.74, 6) is 0.719. The van der Waals surface area contributed by atoms with Crippen molar-refractivity contribution < 1.29 is 0 Å². The molecule has 0 N–H and O–H groups in total. The number of hydrogen-bond donors (Lipinski definition) is 0. The van der Waals surface area contributed by atoms with Crippen molar-refractivity contribution in [1.29, 1.82) is 0 Å². The highest BCUT2D eigenvalue weighted by atomic mass is 15.3. The Hall–Kier alpha value is -7.82. The Labute approximate surface area is 400 Å². The van der Waals surface area contributed by atoms with Crippen LogP contribution in [0.3, 0.4) is 0 Å². The second-order valence-electron chi connectivity index (χ2n) is 19.5. The number of hydrogen-bond acceptors (Lipinski definition) is 2. The lowest BCUT2D eigenvalue weighted by atomic mass is 9.88. The second-order valence-corrected chi connectivity index (χ2v) is 19.5. The molecular formula is C64H55N4. The molecule has 0 bridgehead atoms. The monoisotopic (exact) mass is 879 g/mol. The number of rotatable bonds is 9. The largest absolute Gasteiger partial charge is 0.345 e. The third kappa shape index (κ3) is 6.49. The number of nitrogens with zero attached hydrogens (tertiary/aromatic N) is 4. The summed E-state index contributed by atoms with van der Waals surface area (Å²) in [7, 11) is 0. The number of fused-ring (bicyclic) bond motifs is 7. The molecular weight excluding hydrogens is 825 g/mol. The average molecular weight is 880 g/mol. The van der Waals surface area contributed by atoms with Crippen molar-refractivity contribution >= 4 is 66.4 Å². The lowest BCUT2D eigenvalue weighted by Gasteiger charge is -2.42. The van der Waals surface area contributed by atoms with Gasteiger partial charge >= 0.3 is 0 Å². The minimum atomic E-state index is -0.284. The van der Waals surface area contributed by atoms with E-state index in [1.807, 2.05) is 0 Å². The highest BCUT2D eigenvalue weighted by Crippen LogP contribution is 2.54. The molecule has 68 heavy (non-hydrogen) atoms. The molecule has 0 atom stereocenters. The maximum absolute atomic E-state index is 2.67. The van der Waals surface area contributed by atoms with Crippen LogP contribution in [0.4, 0.5) is 22.7 Å². The zero-order valence-corrected chi connectivity index (χ0v) is 39.7. The van der Waals surface area contributed by atoms with Gasteiger partial charge in [-0.3, -0.25) is 0 Å². The van der Waals surface area contributed by atoms with Crippen LogP contribution in [0.15, 0.2) is 212 Å². The van der Waals surface area contributed by atoms with Crippen LogP contribution in [-0.2, 0) is 5.54 Å². The fraction of sp³-hybridized carbons (Fsp3) is 0.141. The first kappa shape index (κ1) is 41.6. The van der Waals surface area contributed by atoms with Crippen molar-refractivity contribution in [1.82, 2.24) is 9.13 Å². The van der Waals surface area contributed by atoms with Crippen LogP contribution in [-0.4, -0.2) is 9.13 Å². The molecule has 0 spiro atoms. The molecule has 0 fully saturated rings. The molecule has 0 amide bonds. The molecule has 0 aliphatic carbocycles. The Morgan fingerprint density at radius 3 is 1.35 bits per heavy atom. The fourth-order valence-electron chi connectivity index (χ4n) is 11.3. The topological polar surface area (TPSA) is 16.3 Å². The van der Waals surface area contributed by atoms with Crippen molar-refractivity contribution in [2.24, 2.45) is 0 Å². The minimum absolute atomic E-state index is 0.284. The van der Waals surface area contributed by atoms with Gasteiger partial charge in [-0.2, -0.15) is 0 Å². The molecule has 1 aliphatic heterocycles. The zero-order chi connectivity index (χ0) is 46.3. The first-order chi connectivity index (χ1) is 33.2. The van der Waals surface area contributed by atoms with Crippen molar-refractivity contribution in [3.05, 3.63) is 246 Å². The Morgan fingerprint density at radius 2 is 0.838 bits per heavy atom. The Balaban J connectivity index is 1.06. The number of benzene rings is 9. The van der Waals surface area contributed by atoms with Crippen molar-refractivity contribution in [3.63, 3.8) is 0 Å². The maximum Gasteiger partial charge on any atom is 0.124 e. The second kappa shape index (κ2) is 16.2. The van der Waals surface area contributed by atoms with E-state index in [4.69, 9.17) is 0 Å². The van der Waals surface area contributed by atoms with E-state index < -0.39 is 0 Å².